The van der Waals surface area contributed by atoms with E-state index in [0.717, 1.165) is 13.0 Å². The minimum absolute atomic E-state index is 0.00595. The van der Waals surface area contributed by atoms with Gasteiger partial charge in [-0.2, -0.15) is 0 Å². The average molecular weight is 256 g/mol. The van der Waals surface area contributed by atoms with Crippen molar-refractivity contribution in [1.82, 2.24) is 4.90 Å². The number of nitrogens with two attached hydrogens (primary N) is 1. The molecule has 0 aliphatic heterocycles. The van der Waals surface area contributed by atoms with Crippen molar-refractivity contribution in [3.63, 3.8) is 0 Å². The third-order valence-corrected chi connectivity index (χ3v) is 2.63. The Balaban J connectivity index is 2.42. The normalized spacial score (nSPS) is 10.6. The Morgan fingerprint density at radius 1 is 1.47 bits per heavy atom. The average Bonchev–Trinajstić information content (AvgIpc) is 2.23. The summed E-state index contributed by atoms with van der Waals surface area (Å²) in [6.07, 6.45) is 1.34. The van der Waals surface area contributed by atoms with Crippen LogP contribution in [0.25, 0.3) is 0 Å². The van der Waals surface area contributed by atoms with E-state index in [1.165, 1.54) is 0 Å². The molecule has 3 N–H and O–H groups in total. The van der Waals surface area contributed by atoms with Crippen molar-refractivity contribution in [3.05, 3.63) is 23.2 Å². The molecule has 0 saturated heterocycles. The van der Waals surface area contributed by atoms with E-state index < -0.39 is 0 Å². The number of anilines is 2. The van der Waals surface area contributed by atoms with Crippen LogP contribution in [-0.2, 0) is 4.79 Å². The number of benzene rings is 1. The Morgan fingerprint density at radius 3 is 2.76 bits per heavy atom. The maximum absolute atomic E-state index is 11.6. The molecule has 1 rings (SSSR count). The summed E-state index contributed by atoms with van der Waals surface area (Å²) in [5, 5.41) is 3.28. The topological polar surface area (TPSA) is 58.4 Å². The molecule has 0 unspecified atom stereocenters. The first kappa shape index (κ1) is 13.8. The van der Waals surface area contributed by atoms with Gasteiger partial charge in [-0.3, -0.25) is 4.79 Å². The van der Waals surface area contributed by atoms with Gasteiger partial charge in [-0.05, 0) is 45.3 Å². The molecule has 5 heteroatoms. The lowest BCUT2D eigenvalue weighted by Crippen LogP contribution is -2.17. The fourth-order valence-electron chi connectivity index (χ4n) is 1.40. The number of hydrogen-bond donors (Lipinski definition) is 2. The van der Waals surface area contributed by atoms with Crippen LogP contribution in [0, 0.1) is 0 Å². The van der Waals surface area contributed by atoms with E-state index in [1.54, 1.807) is 18.2 Å². The second-order valence-electron chi connectivity index (χ2n) is 4.19. The Labute approximate surface area is 107 Å². The van der Waals surface area contributed by atoms with Gasteiger partial charge in [0.1, 0.15) is 0 Å². The summed E-state index contributed by atoms with van der Waals surface area (Å²) in [5.41, 5.74) is 6.80. The van der Waals surface area contributed by atoms with Crippen molar-refractivity contribution >= 4 is 28.9 Å². The Hall–Kier alpha value is -1.26. The lowest BCUT2D eigenvalue weighted by Gasteiger charge is -2.09. The molecule has 4 nitrogen and oxygen atoms in total. The van der Waals surface area contributed by atoms with E-state index in [0.29, 0.717) is 22.8 Å². The van der Waals surface area contributed by atoms with Crippen LogP contribution in [0.2, 0.25) is 5.02 Å². The zero-order valence-electron chi connectivity index (χ0n) is 10.2. The number of nitrogens with one attached hydrogen (secondary N) is 1. The Bertz CT molecular complexity index is 393. The van der Waals surface area contributed by atoms with Crippen LogP contribution in [0.3, 0.4) is 0 Å². The van der Waals surface area contributed by atoms with Gasteiger partial charge >= 0.3 is 0 Å². The first-order chi connectivity index (χ1) is 7.99. The summed E-state index contributed by atoms with van der Waals surface area (Å²) in [6, 6.07) is 5.07. The van der Waals surface area contributed by atoms with E-state index in [4.69, 9.17) is 17.3 Å². The zero-order valence-corrected chi connectivity index (χ0v) is 10.9. The molecule has 0 radical (unpaired) electrons. The van der Waals surface area contributed by atoms with Gasteiger partial charge in [0.15, 0.2) is 0 Å². The van der Waals surface area contributed by atoms with Crippen molar-refractivity contribution in [2.75, 3.05) is 31.7 Å². The van der Waals surface area contributed by atoms with E-state index in [9.17, 15) is 4.79 Å². The van der Waals surface area contributed by atoms with Crippen molar-refractivity contribution in [3.8, 4) is 0 Å². The molecule has 0 aliphatic rings. The molecule has 0 saturated carbocycles. The minimum Gasteiger partial charge on any atom is -0.397 e. The molecule has 1 amide bonds. The largest absolute Gasteiger partial charge is 0.397 e. The van der Waals surface area contributed by atoms with Gasteiger partial charge < -0.3 is 16.0 Å². The quantitative estimate of drug-likeness (QED) is 0.793. The van der Waals surface area contributed by atoms with Gasteiger partial charge in [-0.15, -0.1) is 0 Å². The van der Waals surface area contributed by atoms with E-state index in [1.807, 2.05) is 19.0 Å². The van der Waals surface area contributed by atoms with Gasteiger partial charge in [-0.25, -0.2) is 0 Å². The third-order valence-electron chi connectivity index (χ3n) is 2.29. The van der Waals surface area contributed by atoms with Crippen LogP contribution in [0.1, 0.15) is 12.8 Å². The minimum atomic E-state index is -0.00595. The van der Waals surface area contributed by atoms with Crippen LogP contribution < -0.4 is 11.1 Å². The number of carbonyl (C=O) groups excluding carboxylic acids is 1. The highest BCUT2D eigenvalue weighted by Gasteiger charge is 2.04. The van der Waals surface area contributed by atoms with Crippen molar-refractivity contribution in [1.29, 1.82) is 0 Å². The van der Waals surface area contributed by atoms with Crippen molar-refractivity contribution in [2.45, 2.75) is 12.8 Å². The van der Waals surface area contributed by atoms with E-state index in [2.05, 4.69) is 5.32 Å². The molecular formula is C12H18ClN3O. The molecule has 0 bridgehead atoms. The SMILES string of the molecule is CN(C)CCCC(=O)Nc1ccc(Cl)c(N)c1. The first-order valence-electron chi connectivity index (χ1n) is 5.48. The maximum atomic E-state index is 11.6. The van der Waals surface area contributed by atoms with Gasteiger partial charge in [0.2, 0.25) is 5.91 Å². The molecule has 0 fully saturated rings. The standard InChI is InChI=1S/C12H18ClN3O/c1-16(2)7-3-4-12(17)15-9-5-6-10(13)11(14)8-9/h5-6,8H,3-4,7,14H2,1-2H3,(H,15,17). The lowest BCUT2D eigenvalue weighted by molar-refractivity contribution is -0.116. The molecule has 1 aromatic rings. The fraction of sp³-hybridized carbons (Fsp3) is 0.417. The third kappa shape index (κ3) is 5.06. The van der Waals surface area contributed by atoms with Crippen molar-refractivity contribution in [2.24, 2.45) is 0 Å². The van der Waals surface area contributed by atoms with Crippen molar-refractivity contribution < 1.29 is 4.79 Å². The van der Waals surface area contributed by atoms with Gasteiger partial charge in [0.05, 0.1) is 10.7 Å². The summed E-state index contributed by atoms with van der Waals surface area (Å²) in [4.78, 5) is 13.6. The van der Waals surface area contributed by atoms with Crippen LogP contribution >= 0.6 is 11.6 Å². The summed E-state index contributed by atoms with van der Waals surface area (Å²) >= 11 is 5.79. The molecule has 0 aromatic heterocycles. The number of amides is 1. The smallest absolute Gasteiger partial charge is 0.224 e. The first-order valence-corrected chi connectivity index (χ1v) is 5.86. The zero-order chi connectivity index (χ0) is 12.8. The van der Waals surface area contributed by atoms with E-state index >= 15 is 0 Å². The highest BCUT2D eigenvalue weighted by Crippen LogP contribution is 2.22. The number of carbonyl (C=O) groups is 1. The highest BCUT2D eigenvalue weighted by atomic mass is 35.5. The number of halogens is 1. The fourth-order valence-corrected chi connectivity index (χ4v) is 1.52. The Morgan fingerprint density at radius 2 is 2.18 bits per heavy atom. The van der Waals surface area contributed by atoms with Crippen LogP contribution in [-0.4, -0.2) is 31.4 Å². The highest BCUT2D eigenvalue weighted by molar-refractivity contribution is 6.33. The molecule has 0 heterocycles. The molecule has 1 aromatic carbocycles. The summed E-state index contributed by atoms with van der Waals surface area (Å²) in [5.74, 6) is -0.00595. The predicted molar refractivity (Wildman–Crippen MR) is 72.3 cm³/mol. The molecule has 17 heavy (non-hydrogen) atoms. The summed E-state index contributed by atoms with van der Waals surface area (Å²) < 4.78 is 0. The van der Waals surface area contributed by atoms with Crippen LogP contribution in [0.5, 0.6) is 0 Å². The number of rotatable bonds is 5. The summed E-state index contributed by atoms with van der Waals surface area (Å²) in [7, 11) is 3.97. The van der Waals surface area contributed by atoms with Gasteiger partial charge in [0, 0.05) is 12.1 Å². The Kier molecular flexibility index (Phi) is 5.25. The predicted octanol–water partition coefficient (Wildman–Crippen LogP) is 2.20. The second kappa shape index (κ2) is 6.47. The lowest BCUT2D eigenvalue weighted by atomic mass is 10.2. The molecule has 0 atom stereocenters. The second-order valence-corrected chi connectivity index (χ2v) is 4.60. The molecule has 94 valence electrons. The number of nitrogen functional groups attached to an aromatic ring is 1. The molecule has 0 aliphatic carbocycles. The van der Waals surface area contributed by atoms with E-state index in [-0.39, 0.29) is 5.91 Å². The molecular weight excluding hydrogens is 238 g/mol. The number of hydrogen-bond acceptors (Lipinski definition) is 3. The summed E-state index contributed by atoms with van der Waals surface area (Å²) in [6.45, 7) is 0.899. The van der Waals surface area contributed by atoms with Crippen LogP contribution in [0.4, 0.5) is 11.4 Å². The van der Waals surface area contributed by atoms with Crippen LogP contribution in [0.15, 0.2) is 18.2 Å². The van der Waals surface area contributed by atoms with Gasteiger partial charge in [-0.1, -0.05) is 11.6 Å². The molecule has 0 spiro atoms. The monoisotopic (exact) mass is 255 g/mol. The van der Waals surface area contributed by atoms with Gasteiger partial charge in [0.25, 0.3) is 0 Å². The maximum Gasteiger partial charge on any atom is 0.224 e. The number of nitrogens with zero attached hydrogens (tertiary/aromatic N) is 1.